The Labute approximate surface area is 120 Å². The molecule has 0 heterocycles. The molecule has 1 aliphatic carbocycles. The molecule has 0 aromatic rings. The van der Waals surface area contributed by atoms with Crippen molar-refractivity contribution in [3.05, 3.63) is 0 Å². The highest BCUT2D eigenvalue weighted by Gasteiger charge is 2.38. The molecule has 0 bridgehead atoms. The summed E-state index contributed by atoms with van der Waals surface area (Å²) in [5.74, 6) is 0.456. The minimum absolute atomic E-state index is 0.0996. The SMILES string of the molecule is CCCN(CCN(C)C)CC1CCCC(C)(C)C1O. The number of nitrogens with zero attached hydrogens (tertiary/aromatic N) is 2. The molecule has 1 N–H and O–H groups in total. The Balaban J connectivity index is 2.52. The lowest BCUT2D eigenvalue weighted by molar-refractivity contribution is -0.0432. The number of aliphatic hydroxyl groups is 1. The van der Waals surface area contributed by atoms with E-state index in [-0.39, 0.29) is 11.5 Å². The first-order chi connectivity index (χ1) is 8.86. The Bertz CT molecular complexity index is 253. The molecular weight excluding hydrogens is 236 g/mol. The molecule has 1 aliphatic rings. The van der Waals surface area contributed by atoms with Crippen LogP contribution in [0.3, 0.4) is 0 Å². The minimum atomic E-state index is -0.139. The molecule has 114 valence electrons. The maximum Gasteiger partial charge on any atom is 0.0631 e. The van der Waals surface area contributed by atoms with Gasteiger partial charge >= 0.3 is 0 Å². The number of hydrogen-bond donors (Lipinski definition) is 1. The maximum atomic E-state index is 10.6. The second kappa shape index (κ2) is 7.61. The molecule has 2 unspecified atom stereocenters. The molecule has 0 aromatic carbocycles. The molecule has 0 saturated heterocycles. The van der Waals surface area contributed by atoms with Crippen molar-refractivity contribution >= 4 is 0 Å². The fourth-order valence-corrected chi connectivity index (χ4v) is 3.24. The second-order valence-electron chi connectivity index (χ2n) is 7.19. The summed E-state index contributed by atoms with van der Waals surface area (Å²) in [6.07, 6.45) is 4.67. The zero-order valence-corrected chi connectivity index (χ0v) is 13.7. The van der Waals surface area contributed by atoms with Gasteiger partial charge in [0.1, 0.15) is 0 Å². The molecule has 3 nitrogen and oxygen atoms in total. The van der Waals surface area contributed by atoms with Crippen LogP contribution < -0.4 is 0 Å². The van der Waals surface area contributed by atoms with E-state index in [0.717, 1.165) is 32.6 Å². The van der Waals surface area contributed by atoms with Crippen LogP contribution in [0, 0.1) is 11.3 Å². The molecule has 1 saturated carbocycles. The lowest BCUT2D eigenvalue weighted by Gasteiger charge is -2.42. The summed E-state index contributed by atoms with van der Waals surface area (Å²) in [5, 5.41) is 10.6. The molecule has 1 rings (SSSR count). The molecule has 19 heavy (non-hydrogen) atoms. The number of rotatable bonds is 7. The Kier molecular flexibility index (Phi) is 6.78. The molecule has 0 aliphatic heterocycles. The number of likely N-dealkylation sites (N-methyl/N-ethyl adjacent to an activating group) is 1. The first-order valence-corrected chi connectivity index (χ1v) is 7.92. The molecule has 1 fully saturated rings. The van der Waals surface area contributed by atoms with E-state index in [0.29, 0.717) is 5.92 Å². The molecule has 0 amide bonds. The van der Waals surface area contributed by atoms with Crippen LogP contribution in [0.25, 0.3) is 0 Å². The van der Waals surface area contributed by atoms with E-state index in [1.807, 2.05) is 0 Å². The average molecular weight is 270 g/mol. The highest BCUT2D eigenvalue weighted by Crippen LogP contribution is 2.39. The summed E-state index contributed by atoms with van der Waals surface area (Å²) in [5.41, 5.74) is 0.0996. The van der Waals surface area contributed by atoms with Crippen molar-refractivity contribution in [3.63, 3.8) is 0 Å². The third-order valence-electron chi connectivity index (χ3n) is 4.54. The van der Waals surface area contributed by atoms with E-state index in [4.69, 9.17) is 0 Å². The van der Waals surface area contributed by atoms with Gasteiger partial charge in [-0.25, -0.2) is 0 Å². The average Bonchev–Trinajstić information content (AvgIpc) is 2.32. The lowest BCUT2D eigenvalue weighted by Crippen LogP contribution is -2.46. The van der Waals surface area contributed by atoms with Gasteiger partial charge in [-0.2, -0.15) is 0 Å². The number of aliphatic hydroxyl groups excluding tert-OH is 1. The summed E-state index contributed by atoms with van der Waals surface area (Å²) in [7, 11) is 4.26. The van der Waals surface area contributed by atoms with Crippen LogP contribution in [0.4, 0.5) is 0 Å². The van der Waals surface area contributed by atoms with Crippen LogP contribution in [-0.4, -0.2) is 61.3 Å². The zero-order valence-electron chi connectivity index (χ0n) is 13.7. The van der Waals surface area contributed by atoms with E-state index in [1.54, 1.807) is 0 Å². The fraction of sp³-hybridized carbons (Fsp3) is 1.00. The standard InChI is InChI=1S/C16H34N2O/c1-6-10-18(12-11-17(4)5)13-14-8-7-9-16(2,3)15(14)19/h14-15,19H,6-13H2,1-5H3. The van der Waals surface area contributed by atoms with Gasteiger partial charge < -0.3 is 14.9 Å². The highest BCUT2D eigenvalue weighted by molar-refractivity contribution is 4.89. The van der Waals surface area contributed by atoms with Crippen LogP contribution >= 0.6 is 0 Å². The van der Waals surface area contributed by atoms with Gasteiger partial charge in [0.15, 0.2) is 0 Å². The van der Waals surface area contributed by atoms with Gasteiger partial charge in [-0.3, -0.25) is 0 Å². The van der Waals surface area contributed by atoms with E-state index < -0.39 is 0 Å². The summed E-state index contributed by atoms with van der Waals surface area (Å²) in [6.45, 7) is 11.1. The quantitative estimate of drug-likeness (QED) is 0.770. The Hall–Kier alpha value is -0.120. The van der Waals surface area contributed by atoms with Crippen LogP contribution in [0.5, 0.6) is 0 Å². The van der Waals surface area contributed by atoms with E-state index in [1.165, 1.54) is 19.3 Å². The summed E-state index contributed by atoms with van der Waals surface area (Å²) < 4.78 is 0. The van der Waals surface area contributed by atoms with Gasteiger partial charge in [0.25, 0.3) is 0 Å². The van der Waals surface area contributed by atoms with Gasteiger partial charge in [0.05, 0.1) is 6.10 Å². The highest BCUT2D eigenvalue weighted by atomic mass is 16.3. The van der Waals surface area contributed by atoms with Crippen LogP contribution in [0.15, 0.2) is 0 Å². The normalized spacial score (nSPS) is 27.2. The van der Waals surface area contributed by atoms with Gasteiger partial charge in [0.2, 0.25) is 0 Å². The van der Waals surface area contributed by atoms with Gasteiger partial charge in [-0.15, -0.1) is 0 Å². The monoisotopic (exact) mass is 270 g/mol. The molecule has 0 radical (unpaired) electrons. The zero-order chi connectivity index (χ0) is 14.5. The molecule has 3 heteroatoms. The Morgan fingerprint density at radius 2 is 1.84 bits per heavy atom. The third kappa shape index (κ3) is 5.41. The fourth-order valence-electron chi connectivity index (χ4n) is 3.24. The van der Waals surface area contributed by atoms with Crippen LogP contribution in [0.2, 0.25) is 0 Å². The minimum Gasteiger partial charge on any atom is -0.392 e. The summed E-state index contributed by atoms with van der Waals surface area (Å²) in [4.78, 5) is 4.78. The molecular formula is C16H34N2O. The van der Waals surface area contributed by atoms with Crippen molar-refractivity contribution in [3.8, 4) is 0 Å². The smallest absolute Gasteiger partial charge is 0.0631 e. The third-order valence-corrected chi connectivity index (χ3v) is 4.54. The lowest BCUT2D eigenvalue weighted by atomic mass is 9.69. The van der Waals surface area contributed by atoms with E-state index in [2.05, 4.69) is 44.7 Å². The largest absolute Gasteiger partial charge is 0.392 e. The first kappa shape index (κ1) is 16.9. The number of hydrogen-bond acceptors (Lipinski definition) is 3. The predicted octanol–water partition coefficient (Wildman–Crippen LogP) is 2.45. The summed E-state index contributed by atoms with van der Waals surface area (Å²) in [6, 6.07) is 0. The maximum absolute atomic E-state index is 10.6. The molecule has 0 spiro atoms. The second-order valence-corrected chi connectivity index (χ2v) is 7.19. The molecule has 0 aromatic heterocycles. The van der Waals surface area contributed by atoms with Crippen molar-refractivity contribution in [1.29, 1.82) is 0 Å². The Morgan fingerprint density at radius 1 is 1.16 bits per heavy atom. The predicted molar refractivity (Wildman–Crippen MR) is 82.4 cm³/mol. The summed E-state index contributed by atoms with van der Waals surface area (Å²) >= 11 is 0. The van der Waals surface area contributed by atoms with E-state index >= 15 is 0 Å². The van der Waals surface area contributed by atoms with Gasteiger partial charge in [-0.05, 0) is 51.2 Å². The van der Waals surface area contributed by atoms with Gasteiger partial charge in [0, 0.05) is 19.6 Å². The van der Waals surface area contributed by atoms with Gasteiger partial charge in [-0.1, -0.05) is 27.2 Å². The van der Waals surface area contributed by atoms with Crippen LogP contribution in [0.1, 0.15) is 46.5 Å². The van der Waals surface area contributed by atoms with Crippen molar-refractivity contribution < 1.29 is 5.11 Å². The van der Waals surface area contributed by atoms with E-state index in [9.17, 15) is 5.11 Å². The van der Waals surface area contributed by atoms with Crippen molar-refractivity contribution in [2.24, 2.45) is 11.3 Å². The Morgan fingerprint density at radius 3 is 2.42 bits per heavy atom. The van der Waals surface area contributed by atoms with Crippen molar-refractivity contribution in [2.75, 3.05) is 40.3 Å². The van der Waals surface area contributed by atoms with Crippen molar-refractivity contribution in [2.45, 2.75) is 52.6 Å². The topological polar surface area (TPSA) is 26.7 Å². The van der Waals surface area contributed by atoms with Crippen LogP contribution in [-0.2, 0) is 0 Å². The first-order valence-electron chi connectivity index (χ1n) is 7.92. The van der Waals surface area contributed by atoms with Crippen molar-refractivity contribution in [1.82, 2.24) is 9.80 Å². The molecule has 2 atom stereocenters.